The molecule has 0 spiro atoms. The second kappa shape index (κ2) is 9.54. The molecule has 0 bridgehead atoms. The van der Waals surface area contributed by atoms with Gasteiger partial charge in [-0.3, -0.25) is 10.9 Å². The molecule has 0 fully saturated rings. The van der Waals surface area contributed by atoms with Crippen LogP contribution in [0, 0.1) is 0 Å². The fourth-order valence-corrected chi connectivity index (χ4v) is 2.44. The van der Waals surface area contributed by atoms with E-state index in [9.17, 15) is 26.3 Å². The second-order valence-corrected chi connectivity index (χ2v) is 6.48. The van der Waals surface area contributed by atoms with Crippen molar-refractivity contribution < 1.29 is 26.3 Å². The molecule has 0 atom stereocenters. The van der Waals surface area contributed by atoms with Crippen molar-refractivity contribution in [1.29, 1.82) is 0 Å². The largest absolute Gasteiger partial charge is 0.416 e. The molecule has 1 heterocycles. The molecule has 13 heteroatoms. The summed E-state index contributed by atoms with van der Waals surface area (Å²) in [5.74, 6) is 0.202. The van der Waals surface area contributed by atoms with Gasteiger partial charge in [-0.1, -0.05) is 24.3 Å². The van der Waals surface area contributed by atoms with Gasteiger partial charge in [-0.15, -0.1) is 0 Å². The Balaban J connectivity index is 1.61. The maximum Gasteiger partial charge on any atom is 0.416 e. The lowest BCUT2D eigenvalue weighted by Crippen LogP contribution is -2.05. The van der Waals surface area contributed by atoms with Crippen molar-refractivity contribution >= 4 is 30.0 Å². The third kappa shape index (κ3) is 6.92. The Bertz CT molecular complexity index is 1050. The molecule has 3 rings (SSSR count). The van der Waals surface area contributed by atoms with Crippen LogP contribution < -0.4 is 16.6 Å². The molecule has 0 unspecified atom stereocenters. The normalized spacial score (nSPS) is 12.4. The van der Waals surface area contributed by atoms with Crippen LogP contribution in [0.1, 0.15) is 22.3 Å². The maximum absolute atomic E-state index is 12.6. The summed E-state index contributed by atoms with van der Waals surface area (Å²) in [5, 5.41) is 7.76. The molecular formula is C20H15F6N7. The second-order valence-electron chi connectivity index (χ2n) is 6.48. The number of aromatic nitrogens is 2. The van der Waals surface area contributed by atoms with E-state index in [2.05, 4.69) is 31.0 Å². The highest BCUT2D eigenvalue weighted by atomic mass is 19.4. The number of anilines is 3. The van der Waals surface area contributed by atoms with Crippen molar-refractivity contribution in [3.05, 3.63) is 76.9 Å². The van der Waals surface area contributed by atoms with Crippen molar-refractivity contribution in [3.8, 4) is 0 Å². The number of nitrogens with two attached hydrogens (primary N) is 1. The average molecular weight is 467 g/mol. The SMILES string of the molecule is Nc1nc(N/N=C/c2ccc(C(F)(F)F)cc2)cc(N/N=C/c2ccc(C(F)(F)F)cc2)n1. The van der Waals surface area contributed by atoms with Gasteiger partial charge in [0.2, 0.25) is 5.95 Å². The molecule has 0 saturated carbocycles. The number of nitrogens with one attached hydrogen (secondary N) is 2. The van der Waals surface area contributed by atoms with Gasteiger partial charge in [0.25, 0.3) is 0 Å². The summed E-state index contributed by atoms with van der Waals surface area (Å²) in [5.41, 5.74) is 10.0. The molecule has 1 aromatic heterocycles. The standard InChI is InChI=1S/C20H15F6N7/c21-19(22,23)14-5-1-12(2-6-14)10-28-32-16-9-17(31-18(27)30-16)33-29-11-13-3-7-15(8-4-13)20(24,25)26/h1-11H,(H4,27,30,31,32,33)/b28-10+,29-11+. The Labute approximate surface area is 183 Å². The van der Waals surface area contributed by atoms with Gasteiger partial charge in [0.05, 0.1) is 23.6 Å². The fourth-order valence-electron chi connectivity index (χ4n) is 2.44. The van der Waals surface area contributed by atoms with Gasteiger partial charge in [-0.25, -0.2) is 0 Å². The van der Waals surface area contributed by atoms with Crippen LogP contribution in [0.4, 0.5) is 43.9 Å². The van der Waals surface area contributed by atoms with Crippen LogP contribution >= 0.6 is 0 Å². The summed E-state index contributed by atoms with van der Waals surface area (Å²) in [6.07, 6.45) is -6.28. The first-order chi connectivity index (χ1) is 15.5. The zero-order chi connectivity index (χ0) is 24.1. The third-order valence-electron chi connectivity index (χ3n) is 4.00. The number of nitrogens with zero attached hydrogens (tertiary/aromatic N) is 4. The van der Waals surface area contributed by atoms with Crippen LogP contribution in [0.25, 0.3) is 0 Å². The van der Waals surface area contributed by atoms with E-state index in [4.69, 9.17) is 5.73 Å². The lowest BCUT2D eigenvalue weighted by molar-refractivity contribution is -0.138. The summed E-state index contributed by atoms with van der Waals surface area (Å²) >= 11 is 0. The van der Waals surface area contributed by atoms with Crippen molar-refractivity contribution in [2.24, 2.45) is 10.2 Å². The molecule has 0 aliphatic heterocycles. The summed E-state index contributed by atoms with van der Waals surface area (Å²) in [4.78, 5) is 7.81. The minimum atomic E-state index is -4.43. The molecule has 33 heavy (non-hydrogen) atoms. The fraction of sp³-hybridized carbons (Fsp3) is 0.100. The van der Waals surface area contributed by atoms with Crippen molar-refractivity contribution in [1.82, 2.24) is 9.97 Å². The van der Waals surface area contributed by atoms with Crippen LogP contribution in [0.2, 0.25) is 0 Å². The van der Waals surface area contributed by atoms with E-state index in [0.29, 0.717) is 11.1 Å². The smallest absolute Gasteiger partial charge is 0.368 e. The van der Waals surface area contributed by atoms with Gasteiger partial charge in [0, 0.05) is 6.07 Å². The van der Waals surface area contributed by atoms with E-state index >= 15 is 0 Å². The summed E-state index contributed by atoms with van der Waals surface area (Å²) in [6.45, 7) is 0. The van der Waals surface area contributed by atoms with Crippen molar-refractivity contribution in [3.63, 3.8) is 0 Å². The third-order valence-corrected chi connectivity index (χ3v) is 4.00. The highest BCUT2D eigenvalue weighted by Gasteiger charge is 2.30. The molecular weight excluding hydrogens is 452 g/mol. The lowest BCUT2D eigenvalue weighted by Gasteiger charge is -2.06. The first-order valence-electron chi connectivity index (χ1n) is 9.08. The van der Waals surface area contributed by atoms with Crippen LogP contribution in [0.5, 0.6) is 0 Å². The van der Waals surface area contributed by atoms with Crippen LogP contribution in [-0.2, 0) is 12.4 Å². The van der Waals surface area contributed by atoms with Crippen LogP contribution in [-0.4, -0.2) is 22.4 Å². The summed E-state index contributed by atoms with van der Waals surface area (Å²) < 4.78 is 75.5. The van der Waals surface area contributed by atoms with Gasteiger partial charge >= 0.3 is 12.4 Å². The number of halogens is 6. The molecule has 3 aromatic rings. The Morgan fingerprint density at radius 1 is 0.667 bits per heavy atom. The molecule has 0 aliphatic carbocycles. The molecule has 7 nitrogen and oxygen atoms in total. The number of benzene rings is 2. The Kier molecular flexibility index (Phi) is 6.80. The molecule has 172 valence electrons. The van der Waals surface area contributed by atoms with E-state index in [-0.39, 0.29) is 17.6 Å². The summed E-state index contributed by atoms with van der Waals surface area (Å²) in [7, 11) is 0. The topological polar surface area (TPSA) is 101 Å². The monoisotopic (exact) mass is 467 g/mol. The Hall–Kier alpha value is -4.16. The van der Waals surface area contributed by atoms with E-state index in [1.165, 1.54) is 42.8 Å². The molecule has 0 amide bonds. The van der Waals surface area contributed by atoms with Gasteiger partial charge in [-0.05, 0) is 35.4 Å². The van der Waals surface area contributed by atoms with E-state index in [0.717, 1.165) is 24.3 Å². The van der Waals surface area contributed by atoms with E-state index in [1.807, 2.05) is 0 Å². The van der Waals surface area contributed by atoms with Crippen molar-refractivity contribution in [2.75, 3.05) is 16.6 Å². The molecule has 0 aliphatic rings. The number of alkyl halides is 6. The molecule has 4 N–H and O–H groups in total. The highest BCUT2D eigenvalue weighted by Crippen LogP contribution is 2.29. The predicted molar refractivity (Wildman–Crippen MR) is 112 cm³/mol. The van der Waals surface area contributed by atoms with Crippen LogP contribution in [0.15, 0.2) is 64.8 Å². The minimum Gasteiger partial charge on any atom is -0.368 e. The number of rotatable bonds is 6. The quantitative estimate of drug-likeness (QED) is 0.270. The first-order valence-corrected chi connectivity index (χ1v) is 9.08. The molecule has 0 saturated heterocycles. The number of hydrogen-bond acceptors (Lipinski definition) is 7. The van der Waals surface area contributed by atoms with Crippen LogP contribution in [0.3, 0.4) is 0 Å². The van der Waals surface area contributed by atoms with Gasteiger partial charge < -0.3 is 5.73 Å². The summed E-state index contributed by atoms with van der Waals surface area (Å²) in [6, 6.07) is 10.1. The lowest BCUT2D eigenvalue weighted by atomic mass is 10.1. The van der Waals surface area contributed by atoms with Gasteiger partial charge in [0.15, 0.2) is 11.6 Å². The first kappa shape index (κ1) is 23.5. The number of nitrogen functional groups attached to an aromatic ring is 1. The maximum atomic E-state index is 12.6. The zero-order valence-corrected chi connectivity index (χ0v) is 16.5. The molecule has 0 radical (unpaired) electrons. The van der Waals surface area contributed by atoms with E-state index in [1.54, 1.807) is 0 Å². The average Bonchev–Trinajstić information content (AvgIpc) is 2.73. The molecule has 2 aromatic carbocycles. The van der Waals surface area contributed by atoms with E-state index < -0.39 is 23.5 Å². The number of hydrazone groups is 2. The number of hydrogen-bond donors (Lipinski definition) is 3. The predicted octanol–water partition coefficient (Wildman–Crippen LogP) is 4.99. The van der Waals surface area contributed by atoms with Crippen molar-refractivity contribution in [2.45, 2.75) is 12.4 Å². The Morgan fingerprint density at radius 3 is 1.36 bits per heavy atom. The zero-order valence-electron chi connectivity index (χ0n) is 16.5. The minimum absolute atomic E-state index is 0.128. The Morgan fingerprint density at radius 2 is 1.03 bits per heavy atom. The highest BCUT2D eigenvalue weighted by molar-refractivity contribution is 5.81. The van der Waals surface area contributed by atoms with Gasteiger partial charge in [-0.2, -0.15) is 46.5 Å². The van der Waals surface area contributed by atoms with Gasteiger partial charge in [0.1, 0.15) is 0 Å².